The zero-order valence-corrected chi connectivity index (χ0v) is 19.2. The molecule has 30 heavy (non-hydrogen) atoms. The lowest BCUT2D eigenvalue weighted by atomic mass is 10.0. The third-order valence-corrected chi connectivity index (χ3v) is 7.23. The first-order valence-corrected chi connectivity index (χ1v) is 11.7. The highest BCUT2D eigenvalue weighted by molar-refractivity contribution is 9.10. The van der Waals surface area contributed by atoms with Gasteiger partial charge in [-0.05, 0) is 59.1 Å². The number of benzene rings is 2. The molecule has 1 atom stereocenters. The standard InChI is InChI=1S/C22H25BrFN3O2S/c1-26(22-25-19-4-2-3-5-21(19)30-22)16-8-10-27(11-9-16)13-17(28)14-29-20-7-6-15(24)12-18(20)23/h2-7,12,16-17,28H,8-11,13-14H2,1H3. The van der Waals surface area contributed by atoms with Gasteiger partial charge < -0.3 is 19.6 Å². The fourth-order valence-corrected chi connectivity index (χ4v) is 5.25. The summed E-state index contributed by atoms with van der Waals surface area (Å²) in [6.07, 6.45) is 1.47. The minimum atomic E-state index is -0.597. The van der Waals surface area contributed by atoms with E-state index >= 15 is 0 Å². The fraction of sp³-hybridized carbons (Fsp3) is 0.409. The molecule has 1 aliphatic heterocycles. The van der Waals surface area contributed by atoms with Crippen molar-refractivity contribution in [2.45, 2.75) is 25.0 Å². The van der Waals surface area contributed by atoms with Crippen LogP contribution in [0.25, 0.3) is 10.2 Å². The van der Waals surface area contributed by atoms with Crippen LogP contribution in [0, 0.1) is 5.82 Å². The number of anilines is 1. The van der Waals surface area contributed by atoms with Crippen molar-refractivity contribution >= 4 is 42.6 Å². The monoisotopic (exact) mass is 493 g/mol. The molecule has 1 unspecified atom stereocenters. The summed E-state index contributed by atoms with van der Waals surface area (Å²) < 4.78 is 20.6. The summed E-state index contributed by atoms with van der Waals surface area (Å²) in [6.45, 7) is 2.60. The summed E-state index contributed by atoms with van der Waals surface area (Å²) in [5.41, 5.74) is 1.05. The number of aliphatic hydroxyl groups is 1. The van der Waals surface area contributed by atoms with Gasteiger partial charge in [-0.2, -0.15) is 0 Å². The first-order valence-electron chi connectivity index (χ1n) is 10.1. The van der Waals surface area contributed by atoms with Crippen molar-refractivity contribution < 1.29 is 14.2 Å². The number of aliphatic hydroxyl groups excluding tert-OH is 1. The van der Waals surface area contributed by atoms with E-state index in [1.54, 1.807) is 17.4 Å². The van der Waals surface area contributed by atoms with Crippen molar-refractivity contribution in [2.24, 2.45) is 0 Å². The first-order chi connectivity index (χ1) is 14.5. The van der Waals surface area contributed by atoms with Gasteiger partial charge in [0.1, 0.15) is 24.3 Å². The van der Waals surface area contributed by atoms with Gasteiger partial charge in [0.05, 0.1) is 14.7 Å². The van der Waals surface area contributed by atoms with Gasteiger partial charge in [0.25, 0.3) is 0 Å². The number of para-hydroxylation sites is 1. The fourth-order valence-electron chi connectivity index (χ4n) is 3.79. The molecule has 0 bridgehead atoms. The number of piperidine rings is 1. The van der Waals surface area contributed by atoms with Crippen LogP contribution in [0.4, 0.5) is 9.52 Å². The minimum absolute atomic E-state index is 0.176. The zero-order chi connectivity index (χ0) is 21.1. The Morgan fingerprint density at radius 2 is 2.07 bits per heavy atom. The van der Waals surface area contributed by atoms with Crippen LogP contribution in [0.2, 0.25) is 0 Å². The van der Waals surface area contributed by atoms with Gasteiger partial charge >= 0.3 is 0 Å². The third kappa shape index (κ3) is 5.11. The Morgan fingerprint density at radius 3 is 2.80 bits per heavy atom. The topological polar surface area (TPSA) is 48.8 Å². The van der Waals surface area contributed by atoms with E-state index in [4.69, 9.17) is 9.72 Å². The van der Waals surface area contributed by atoms with E-state index in [2.05, 4.69) is 44.9 Å². The van der Waals surface area contributed by atoms with Crippen LogP contribution in [0.1, 0.15) is 12.8 Å². The number of nitrogens with zero attached hydrogens (tertiary/aromatic N) is 3. The van der Waals surface area contributed by atoms with Crippen molar-refractivity contribution in [3.8, 4) is 5.75 Å². The van der Waals surface area contributed by atoms with Crippen molar-refractivity contribution in [1.82, 2.24) is 9.88 Å². The lowest BCUT2D eigenvalue weighted by molar-refractivity contribution is 0.0592. The predicted octanol–water partition coefficient (Wildman–Crippen LogP) is 4.54. The lowest BCUT2D eigenvalue weighted by Crippen LogP contribution is -2.46. The lowest BCUT2D eigenvalue weighted by Gasteiger charge is -2.37. The van der Waals surface area contributed by atoms with Gasteiger partial charge in [0, 0.05) is 32.7 Å². The van der Waals surface area contributed by atoms with E-state index in [1.807, 2.05) is 12.1 Å². The SMILES string of the molecule is CN(c1nc2ccccc2s1)C1CCN(CC(O)COc2ccc(F)cc2Br)CC1. The molecule has 1 fully saturated rings. The molecular weight excluding hydrogens is 469 g/mol. The summed E-state index contributed by atoms with van der Waals surface area (Å²) in [5, 5.41) is 11.4. The highest BCUT2D eigenvalue weighted by atomic mass is 79.9. The second-order valence-electron chi connectivity index (χ2n) is 7.65. The number of halogens is 2. The maximum Gasteiger partial charge on any atom is 0.186 e. The Labute approximate surface area is 188 Å². The van der Waals surface area contributed by atoms with Crippen molar-refractivity contribution in [3.63, 3.8) is 0 Å². The Bertz CT molecular complexity index is 960. The van der Waals surface area contributed by atoms with E-state index < -0.39 is 6.10 Å². The first kappa shape index (κ1) is 21.5. The van der Waals surface area contributed by atoms with Gasteiger partial charge in [0.2, 0.25) is 0 Å². The summed E-state index contributed by atoms with van der Waals surface area (Å²) in [7, 11) is 2.13. The average molecular weight is 494 g/mol. The Kier molecular flexibility index (Phi) is 6.87. The maximum atomic E-state index is 13.2. The van der Waals surface area contributed by atoms with Crippen LogP contribution in [-0.4, -0.2) is 60.4 Å². The number of rotatable bonds is 7. The number of likely N-dealkylation sites (tertiary alicyclic amines) is 1. The Balaban J connectivity index is 1.24. The molecule has 1 N–H and O–H groups in total. The van der Waals surface area contributed by atoms with E-state index in [1.165, 1.54) is 16.8 Å². The smallest absolute Gasteiger partial charge is 0.186 e. The molecule has 2 aromatic carbocycles. The molecular formula is C22H25BrFN3O2S. The summed E-state index contributed by atoms with van der Waals surface area (Å²) in [5.74, 6) is 0.208. The molecule has 1 saturated heterocycles. The Morgan fingerprint density at radius 1 is 1.30 bits per heavy atom. The van der Waals surface area contributed by atoms with Crippen molar-refractivity contribution in [3.05, 3.63) is 52.8 Å². The van der Waals surface area contributed by atoms with Gasteiger partial charge in [-0.15, -0.1) is 0 Å². The molecule has 8 heteroatoms. The molecule has 0 amide bonds. The highest BCUT2D eigenvalue weighted by Crippen LogP contribution is 2.31. The average Bonchev–Trinajstić information content (AvgIpc) is 3.17. The molecule has 0 saturated carbocycles. The molecule has 1 aromatic heterocycles. The largest absolute Gasteiger partial charge is 0.490 e. The molecule has 2 heterocycles. The van der Waals surface area contributed by atoms with E-state index in [-0.39, 0.29) is 12.4 Å². The minimum Gasteiger partial charge on any atom is -0.490 e. The normalized spacial score (nSPS) is 16.7. The second-order valence-corrected chi connectivity index (χ2v) is 9.51. The number of fused-ring (bicyclic) bond motifs is 1. The summed E-state index contributed by atoms with van der Waals surface area (Å²) in [4.78, 5) is 9.34. The van der Waals surface area contributed by atoms with Crippen LogP contribution in [-0.2, 0) is 0 Å². The predicted molar refractivity (Wildman–Crippen MR) is 123 cm³/mol. The molecule has 3 aromatic rings. The molecule has 160 valence electrons. The van der Waals surface area contributed by atoms with E-state index in [0.717, 1.165) is 36.6 Å². The third-order valence-electron chi connectivity index (χ3n) is 5.48. The van der Waals surface area contributed by atoms with Crippen LogP contribution < -0.4 is 9.64 Å². The van der Waals surface area contributed by atoms with Gasteiger partial charge in [-0.3, -0.25) is 0 Å². The molecule has 4 rings (SSSR count). The van der Waals surface area contributed by atoms with E-state index in [0.29, 0.717) is 22.8 Å². The number of ether oxygens (including phenoxy) is 1. The number of hydrogen-bond donors (Lipinski definition) is 1. The van der Waals surface area contributed by atoms with Crippen molar-refractivity contribution in [2.75, 3.05) is 38.2 Å². The maximum absolute atomic E-state index is 13.2. The number of thiazole rings is 1. The Hall–Kier alpha value is -1.74. The zero-order valence-electron chi connectivity index (χ0n) is 16.8. The van der Waals surface area contributed by atoms with Gasteiger partial charge in [-0.25, -0.2) is 9.37 Å². The van der Waals surface area contributed by atoms with Gasteiger partial charge in [-0.1, -0.05) is 23.5 Å². The molecule has 0 aliphatic carbocycles. The molecule has 1 aliphatic rings. The van der Waals surface area contributed by atoms with Gasteiger partial charge in [0.15, 0.2) is 5.13 Å². The summed E-state index contributed by atoms with van der Waals surface area (Å²) >= 11 is 5.01. The molecule has 0 radical (unpaired) electrons. The van der Waals surface area contributed by atoms with Crippen LogP contribution >= 0.6 is 27.3 Å². The summed E-state index contributed by atoms with van der Waals surface area (Å²) in [6, 6.07) is 13.0. The quantitative estimate of drug-likeness (QED) is 0.523. The second kappa shape index (κ2) is 9.60. The number of aromatic nitrogens is 1. The van der Waals surface area contributed by atoms with Crippen molar-refractivity contribution in [1.29, 1.82) is 0 Å². The molecule has 5 nitrogen and oxygen atoms in total. The number of β-amino-alcohol motifs (C(OH)–C–C–N with tert-alkyl or cyclic N) is 1. The molecule has 0 spiro atoms. The van der Waals surface area contributed by atoms with E-state index in [9.17, 15) is 9.50 Å². The van der Waals surface area contributed by atoms with Crippen LogP contribution in [0.5, 0.6) is 5.75 Å². The van der Waals surface area contributed by atoms with Crippen LogP contribution in [0.3, 0.4) is 0 Å². The van der Waals surface area contributed by atoms with Crippen LogP contribution in [0.15, 0.2) is 46.9 Å². The number of hydrogen-bond acceptors (Lipinski definition) is 6. The highest BCUT2D eigenvalue weighted by Gasteiger charge is 2.25.